The average Bonchev–Trinajstić information content (AvgIpc) is 3.16. The van der Waals surface area contributed by atoms with Crippen LogP contribution in [0.2, 0.25) is 0 Å². The number of thiophene rings is 1. The van der Waals surface area contributed by atoms with Crippen molar-refractivity contribution in [2.45, 2.75) is 23.3 Å². The van der Waals surface area contributed by atoms with Crippen molar-refractivity contribution < 1.29 is 18.0 Å². The van der Waals surface area contributed by atoms with Gasteiger partial charge in [0.1, 0.15) is 9.46 Å². The number of carbonyl (C=O) groups excluding carboxylic acids is 2. The zero-order valence-electron chi connectivity index (χ0n) is 14.5. The number of sulfone groups is 1. The molecule has 26 heavy (non-hydrogen) atoms. The van der Waals surface area contributed by atoms with E-state index < -0.39 is 26.9 Å². The fourth-order valence-corrected chi connectivity index (χ4v) is 5.03. The summed E-state index contributed by atoms with van der Waals surface area (Å²) in [7, 11) is -3.73. The van der Waals surface area contributed by atoms with E-state index in [9.17, 15) is 18.0 Å². The minimum Gasteiger partial charge on any atom is -0.348 e. The van der Waals surface area contributed by atoms with Crippen LogP contribution in [0.4, 0.5) is 0 Å². The molecule has 1 atom stereocenters. The highest BCUT2D eigenvalue weighted by molar-refractivity contribution is 7.93. The van der Waals surface area contributed by atoms with Gasteiger partial charge in [-0.25, -0.2) is 8.42 Å². The molecule has 0 unspecified atom stereocenters. The number of nitrogens with one attached hydrogen (secondary N) is 2. The van der Waals surface area contributed by atoms with Gasteiger partial charge in [-0.15, -0.1) is 11.3 Å². The summed E-state index contributed by atoms with van der Waals surface area (Å²) in [6.45, 7) is 3.96. The van der Waals surface area contributed by atoms with Gasteiger partial charge in [-0.2, -0.15) is 0 Å². The van der Waals surface area contributed by atoms with Gasteiger partial charge in [0.15, 0.2) is 9.84 Å². The van der Waals surface area contributed by atoms with E-state index in [1.54, 1.807) is 23.6 Å². The van der Waals surface area contributed by atoms with Crippen molar-refractivity contribution in [2.75, 3.05) is 13.1 Å². The maximum absolute atomic E-state index is 12.9. The fourth-order valence-electron chi connectivity index (χ4n) is 2.18. The molecule has 0 saturated heterocycles. The molecule has 2 aromatic heterocycles. The molecule has 7 nitrogen and oxygen atoms in total. The Morgan fingerprint density at radius 2 is 1.81 bits per heavy atom. The molecule has 0 bridgehead atoms. The van der Waals surface area contributed by atoms with Gasteiger partial charge < -0.3 is 10.6 Å². The predicted molar refractivity (Wildman–Crippen MR) is 99.3 cm³/mol. The van der Waals surface area contributed by atoms with Crippen molar-refractivity contribution in [3.8, 4) is 0 Å². The average molecular weight is 396 g/mol. The smallest absolute Gasteiger partial charge is 0.309 e. The van der Waals surface area contributed by atoms with E-state index in [1.807, 2.05) is 13.8 Å². The second kappa shape index (κ2) is 8.91. The van der Waals surface area contributed by atoms with Crippen molar-refractivity contribution in [1.29, 1.82) is 0 Å². The minimum absolute atomic E-state index is 0.199. The summed E-state index contributed by atoms with van der Waals surface area (Å²) in [5, 5.41) is 5.56. The first-order valence-corrected chi connectivity index (χ1v) is 10.5. The Balaban J connectivity index is 2.16. The molecule has 9 heteroatoms. The largest absolute Gasteiger partial charge is 0.348 e. The molecule has 2 aromatic rings. The van der Waals surface area contributed by atoms with Crippen molar-refractivity contribution in [2.24, 2.45) is 5.92 Å². The Bertz CT molecular complexity index is 834. The van der Waals surface area contributed by atoms with E-state index in [4.69, 9.17) is 0 Å². The number of hydrogen-bond acceptors (Lipinski definition) is 6. The van der Waals surface area contributed by atoms with Crippen LogP contribution in [0.3, 0.4) is 0 Å². The van der Waals surface area contributed by atoms with Gasteiger partial charge in [-0.1, -0.05) is 26.0 Å². The maximum Gasteiger partial charge on any atom is 0.309 e. The van der Waals surface area contributed by atoms with Gasteiger partial charge in [-0.3, -0.25) is 14.6 Å². The number of pyridine rings is 1. The molecule has 0 aliphatic carbocycles. The Morgan fingerprint density at radius 3 is 2.35 bits per heavy atom. The Morgan fingerprint density at radius 1 is 1.12 bits per heavy atom. The molecule has 0 saturated carbocycles. The van der Waals surface area contributed by atoms with E-state index in [0.29, 0.717) is 12.1 Å². The summed E-state index contributed by atoms with van der Waals surface area (Å²) in [6, 6.07) is 6.42. The lowest BCUT2D eigenvalue weighted by Crippen LogP contribution is -2.43. The molecule has 2 heterocycles. The van der Waals surface area contributed by atoms with Crippen molar-refractivity contribution in [3.63, 3.8) is 0 Å². The molecular formula is C17H21N3O4S2. The third-order valence-electron chi connectivity index (χ3n) is 3.53. The first kappa shape index (κ1) is 20.1. The molecule has 0 spiro atoms. The molecule has 2 N–H and O–H groups in total. The Kier molecular flexibility index (Phi) is 6.87. The lowest BCUT2D eigenvalue weighted by molar-refractivity contribution is -0.139. The monoisotopic (exact) mass is 395 g/mol. The zero-order chi connectivity index (χ0) is 19.2. The van der Waals surface area contributed by atoms with Crippen LogP contribution in [-0.2, 0) is 19.4 Å². The second-order valence-electron chi connectivity index (χ2n) is 6.07. The lowest BCUT2D eigenvalue weighted by Gasteiger charge is -2.17. The van der Waals surface area contributed by atoms with Gasteiger partial charge in [0, 0.05) is 25.5 Å². The number of carbonyl (C=O) groups is 2. The summed E-state index contributed by atoms with van der Waals surface area (Å²) < 4.78 is 26.0. The highest BCUT2D eigenvalue weighted by atomic mass is 32.2. The summed E-state index contributed by atoms with van der Waals surface area (Å²) in [4.78, 5) is 27.7. The normalized spacial score (nSPS) is 12.6. The quantitative estimate of drug-likeness (QED) is 0.692. The van der Waals surface area contributed by atoms with E-state index in [2.05, 4.69) is 15.6 Å². The molecule has 2 amide bonds. The van der Waals surface area contributed by atoms with Gasteiger partial charge in [0.05, 0.1) is 0 Å². The van der Waals surface area contributed by atoms with E-state index >= 15 is 0 Å². The number of aromatic nitrogens is 1. The summed E-state index contributed by atoms with van der Waals surface area (Å²) in [5.74, 6) is -1.44. The number of amides is 2. The van der Waals surface area contributed by atoms with E-state index in [1.165, 1.54) is 18.5 Å². The van der Waals surface area contributed by atoms with Crippen LogP contribution in [0.1, 0.15) is 24.7 Å². The molecule has 140 valence electrons. The van der Waals surface area contributed by atoms with Crippen molar-refractivity contribution >= 4 is 33.0 Å². The van der Waals surface area contributed by atoms with Crippen LogP contribution >= 0.6 is 11.3 Å². The minimum atomic E-state index is -3.73. The van der Waals surface area contributed by atoms with Crippen LogP contribution in [0.15, 0.2) is 46.2 Å². The number of rotatable bonds is 7. The predicted octanol–water partition coefficient (Wildman–Crippen LogP) is 1.55. The third kappa shape index (κ3) is 5.12. The number of nitrogens with zero attached hydrogens (tertiary/aromatic N) is 1. The second-order valence-corrected chi connectivity index (χ2v) is 9.37. The van der Waals surface area contributed by atoms with E-state index in [0.717, 1.165) is 11.3 Å². The topological polar surface area (TPSA) is 105 Å². The van der Waals surface area contributed by atoms with Crippen LogP contribution in [0.5, 0.6) is 0 Å². The molecular weight excluding hydrogens is 374 g/mol. The highest BCUT2D eigenvalue weighted by Crippen LogP contribution is 2.30. The Hall–Kier alpha value is -2.26. The molecule has 0 aromatic carbocycles. The van der Waals surface area contributed by atoms with Crippen LogP contribution < -0.4 is 10.6 Å². The number of hydrogen-bond donors (Lipinski definition) is 2. The summed E-state index contributed by atoms with van der Waals surface area (Å²) in [5.41, 5.74) is 0.448. The molecule has 2 rings (SSSR count). The van der Waals surface area contributed by atoms with Crippen molar-refractivity contribution in [1.82, 2.24) is 15.6 Å². The highest BCUT2D eigenvalue weighted by Gasteiger charge is 2.31. The van der Waals surface area contributed by atoms with Crippen LogP contribution in [0, 0.1) is 5.92 Å². The SMILES string of the molecule is CC(C)CNC(=O)C(=O)NC[C@H](c1cccnc1)S(=O)(=O)c1cccs1. The lowest BCUT2D eigenvalue weighted by atomic mass is 10.2. The van der Waals surface area contributed by atoms with Gasteiger partial charge in [0.2, 0.25) is 0 Å². The van der Waals surface area contributed by atoms with Gasteiger partial charge in [0.25, 0.3) is 0 Å². The Labute approximate surface area is 156 Å². The van der Waals surface area contributed by atoms with Crippen LogP contribution in [-0.4, -0.2) is 38.3 Å². The molecule has 0 radical (unpaired) electrons. The molecule has 0 aliphatic rings. The first-order valence-electron chi connectivity index (χ1n) is 8.05. The maximum atomic E-state index is 12.9. The van der Waals surface area contributed by atoms with Gasteiger partial charge >= 0.3 is 11.8 Å². The third-order valence-corrected chi connectivity index (χ3v) is 7.06. The summed E-state index contributed by atoms with van der Waals surface area (Å²) in [6.07, 6.45) is 2.98. The molecule has 0 aliphatic heterocycles. The summed E-state index contributed by atoms with van der Waals surface area (Å²) >= 11 is 1.10. The van der Waals surface area contributed by atoms with Crippen molar-refractivity contribution in [3.05, 3.63) is 47.6 Å². The zero-order valence-corrected chi connectivity index (χ0v) is 16.1. The van der Waals surface area contributed by atoms with E-state index in [-0.39, 0.29) is 16.7 Å². The fraction of sp³-hybridized carbons (Fsp3) is 0.353. The molecule has 0 fully saturated rings. The first-order chi connectivity index (χ1) is 12.3. The standard InChI is InChI=1S/C17H21N3O4S2/c1-12(2)9-19-16(21)17(22)20-11-14(13-5-3-7-18-10-13)26(23,24)15-6-4-8-25-15/h3-8,10,12,14H,9,11H2,1-2H3,(H,19,21)(H,20,22)/t14-/m1/s1. The van der Waals surface area contributed by atoms with Crippen LogP contribution in [0.25, 0.3) is 0 Å². The van der Waals surface area contributed by atoms with Gasteiger partial charge in [-0.05, 0) is 29.0 Å².